The lowest BCUT2D eigenvalue weighted by molar-refractivity contribution is -0.276. The van der Waals surface area contributed by atoms with Gasteiger partial charge >= 0.3 is 11.9 Å². The third kappa shape index (κ3) is 7.38. The van der Waals surface area contributed by atoms with Crippen molar-refractivity contribution in [3.05, 3.63) is 70.8 Å². The standard InChI is InChI=1S/C33H30O18/c1-2-23(40)47-6-5-46-20-4-3-13(7-16(20)36)29-30(27(43)24-17(37)10-15(35)11-21(24)48-29)51-33-31(28(44)26(42)22(12-34)49-33)50-32(45)14-8-18(38)25(41)19(39)9-14/h3-11,22,26,28,31,33-39,41-42,44H,2,12H2,1H3/b6-5+/t22-,26-,28+,31-,33+/m1/s1. The molecule has 9 N–H and O–H groups in total. The molecule has 270 valence electrons. The van der Waals surface area contributed by atoms with E-state index in [9.17, 15) is 60.3 Å². The first-order valence-corrected chi connectivity index (χ1v) is 14.9. The number of aliphatic hydroxyl groups is 3. The van der Waals surface area contributed by atoms with Gasteiger partial charge in [0.2, 0.25) is 17.5 Å². The molecule has 0 aliphatic carbocycles. The highest BCUT2D eigenvalue weighted by atomic mass is 16.7. The fourth-order valence-corrected chi connectivity index (χ4v) is 4.92. The smallest absolute Gasteiger partial charge is 0.339 e. The van der Waals surface area contributed by atoms with E-state index in [-0.39, 0.29) is 23.3 Å². The van der Waals surface area contributed by atoms with Crippen molar-refractivity contribution in [2.75, 3.05) is 6.61 Å². The number of rotatable bonds is 10. The molecule has 1 saturated heterocycles. The predicted octanol–water partition coefficient (Wildman–Crippen LogP) is 1.54. The maximum Gasteiger partial charge on any atom is 0.339 e. The molecule has 0 radical (unpaired) electrons. The lowest BCUT2D eigenvalue weighted by Gasteiger charge is -2.41. The Balaban J connectivity index is 1.58. The van der Waals surface area contributed by atoms with E-state index in [1.54, 1.807) is 6.92 Å². The summed E-state index contributed by atoms with van der Waals surface area (Å²) in [5.74, 6) is -7.85. The van der Waals surface area contributed by atoms with Crippen molar-refractivity contribution in [3.8, 4) is 57.3 Å². The summed E-state index contributed by atoms with van der Waals surface area (Å²) in [5.41, 5.74) is -2.09. The maximum atomic E-state index is 13.9. The van der Waals surface area contributed by atoms with Crippen LogP contribution in [0.4, 0.5) is 0 Å². The first-order valence-electron chi connectivity index (χ1n) is 14.9. The predicted molar refractivity (Wildman–Crippen MR) is 168 cm³/mol. The molecular weight excluding hydrogens is 684 g/mol. The van der Waals surface area contributed by atoms with Gasteiger partial charge in [0.15, 0.2) is 40.6 Å². The van der Waals surface area contributed by atoms with E-state index in [0.29, 0.717) is 0 Å². The molecule has 3 aromatic carbocycles. The molecule has 18 heteroatoms. The number of carbonyl (C=O) groups excluding carboxylic acids is 2. The van der Waals surface area contributed by atoms with Crippen molar-refractivity contribution < 1.29 is 83.6 Å². The van der Waals surface area contributed by atoms with Crippen LogP contribution in [-0.4, -0.2) is 95.2 Å². The molecule has 4 aromatic rings. The monoisotopic (exact) mass is 714 g/mol. The SMILES string of the molecule is CCC(=O)O/C=C/Oc1ccc(-c2oc3cc(O)cc(O)c3c(=O)c2O[C@@H]2O[C@H](CO)[C@@H](O)[C@H](O)[C@H]2OC(=O)c2cc(O)c(O)c(O)c2)cc1O. The Labute approximate surface area is 285 Å². The van der Waals surface area contributed by atoms with Crippen LogP contribution in [0.3, 0.4) is 0 Å². The summed E-state index contributed by atoms with van der Waals surface area (Å²) in [7, 11) is 0. The molecule has 0 unspecified atom stereocenters. The van der Waals surface area contributed by atoms with Crippen LogP contribution >= 0.6 is 0 Å². The van der Waals surface area contributed by atoms with Gasteiger partial charge in [-0.05, 0) is 30.3 Å². The number of hydrogen-bond donors (Lipinski definition) is 9. The number of esters is 2. The fraction of sp³-hybridized carbons (Fsp3) is 0.242. The van der Waals surface area contributed by atoms with Crippen LogP contribution in [0.2, 0.25) is 0 Å². The highest BCUT2D eigenvalue weighted by Gasteiger charge is 2.49. The third-order valence-corrected chi connectivity index (χ3v) is 7.48. The molecule has 1 aliphatic heterocycles. The average Bonchev–Trinajstić information content (AvgIpc) is 3.09. The minimum Gasteiger partial charge on any atom is -0.508 e. The van der Waals surface area contributed by atoms with E-state index in [0.717, 1.165) is 42.9 Å². The zero-order valence-corrected chi connectivity index (χ0v) is 26.2. The molecule has 0 saturated carbocycles. The molecule has 1 aliphatic rings. The van der Waals surface area contributed by atoms with Gasteiger partial charge < -0.3 is 74.1 Å². The minimum absolute atomic E-state index is 0.0863. The van der Waals surface area contributed by atoms with Crippen LogP contribution < -0.4 is 14.9 Å². The summed E-state index contributed by atoms with van der Waals surface area (Å²) in [5, 5.41) is 91.4. The highest BCUT2D eigenvalue weighted by molar-refractivity contribution is 5.91. The first-order chi connectivity index (χ1) is 24.2. The zero-order chi connectivity index (χ0) is 37.1. The van der Waals surface area contributed by atoms with Crippen molar-refractivity contribution in [1.29, 1.82) is 0 Å². The molecule has 1 aromatic heterocycles. The van der Waals surface area contributed by atoms with Crippen molar-refractivity contribution in [2.45, 2.75) is 44.1 Å². The molecule has 2 heterocycles. The second-order valence-electron chi connectivity index (χ2n) is 10.9. The van der Waals surface area contributed by atoms with E-state index in [1.165, 1.54) is 12.1 Å². The molecule has 0 spiro atoms. The van der Waals surface area contributed by atoms with Gasteiger partial charge in [0, 0.05) is 24.1 Å². The van der Waals surface area contributed by atoms with Crippen LogP contribution in [-0.2, 0) is 19.0 Å². The summed E-state index contributed by atoms with van der Waals surface area (Å²) in [6.07, 6.45) is -7.56. The first kappa shape index (κ1) is 36.1. The van der Waals surface area contributed by atoms with Gasteiger partial charge in [0.25, 0.3) is 0 Å². The van der Waals surface area contributed by atoms with Crippen LogP contribution in [0.1, 0.15) is 23.7 Å². The average molecular weight is 715 g/mol. The van der Waals surface area contributed by atoms with E-state index >= 15 is 0 Å². The number of carbonyl (C=O) groups is 2. The van der Waals surface area contributed by atoms with Crippen LogP contribution in [0.15, 0.2) is 64.2 Å². The van der Waals surface area contributed by atoms with Gasteiger partial charge in [-0.3, -0.25) is 9.59 Å². The molecule has 51 heavy (non-hydrogen) atoms. The van der Waals surface area contributed by atoms with Crippen molar-refractivity contribution in [1.82, 2.24) is 0 Å². The summed E-state index contributed by atoms with van der Waals surface area (Å²) >= 11 is 0. The van der Waals surface area contributed by atoms with Crippen molar-refractivity contribution in [3.63, 3.8) is 0 Å². The number of phenolic OH excluding ortho intramolecular Hbond substituents is 6. The normalized spacial score (nSPS) is 20.3. The molecule has 0 bridgehead atoms. The maximum absolute atomic E-state index is 13.9. The molecule has 0 amide bonds. The Morgan fingerprint density at radius 1 is 0.882 bits per heavy atom. The third-order valence-electron chi connectivity index (χ3n) is 7.48. The fourth-order valence-electron chi connectivity index (χ4n) is 4.92. The summed E-state index contributed by atoms with van der Waals surface area (Å²) in [4.78, 5) is 38.3. The number of hydrogen-bond acceptors (Lipinski definition) is 18. The van der Waals surface area contributed by atoms with E-state index < -0.39 is 112 Å². The molecule has 18 nitrogen and oxygen atoms in total. The second kappa shape index (κ2) is 14.7. The molecule has 1 fully saturated rings. The highest BCUT2D eigenvalue weighted by Crippen LogP contribution is 2.40. The van der Waals surface area contributed by atoms with Gasteiger partial charge in [0.1, 0.15) is 53.3 Å². The van der Waals surface area contributed by atoms with Gasteiger partial charge in [-0.1, -0.05) is 6.92 Å². The molecule has 5 rings (SSSR count). The quantitative estimate of drug-likeness (QED) is 0.0639. The summed E-state index contributed by atoms with van der Waals surface area (Å²) < 4.78 is 32.6. The Morgan fingerprint density at radius 3 is 2.24 bits per heavy atom. The van der Waals surface area contributed by atoms with Crippen LogP contribution in [0.25, 0.3) is 22.3 Å². The van der Waals surface area contributed by atoms with Gasteiger partial charge in [-0.2, -0.15) is 0 Å². The Hall–Kier alpha value is -6.21. The topological polar surface area (TPSA) is 293 Å². The molecule has 5 atom stereocenters. The summed E-state index contributed by atoms with van der Waals surface area (Å²) in [6, 6.07) is 6.82. The van der Waals surface area contributed by atoms with E-state index in [4.69, 9.17) is 28.1 Å². The second-order valence-corrected chi connectivity index (χ2v) is 10.9. The minimum atomic E-state index is -2.06. The number of ether oxygens (including phenoxy) is 5. The number of phenols is 6. The lowest BCUT2D eigenvalue weighted by Crippen LogP contribution is -2.61. The van der Waals surface area contributed by atoms with E-state index in [2.05, 4.69) is 0 Å². The van der Waals surface area contributed by atoms with Crippen molar-refractivity contribution in [2.24, 2.45) is 0 Å². The Bertz CT molecular complexity index is 2030. The lowest BCUT2D eigenvalue weighted by atomic mass is 9.99. The van der Waals surface area contributed by atoms with Crippen LogP contribution in [0, 0.1) is 0 Å². The zero-order valence-electron chi connectivity index (χ0n) is 26.2. The Morgan fingerprint density at radius 2 is 1.59 bits per heavy atom. The number of fused-ring (bicyclic) bond motifs is 1. The largest absolute Gasteiger partial charge is 0.508 e. The number of aliphatic hydroxyl groups excluding tert-OH is 3. The van der Waals surface area contributed by atoms with Gasteiger partial charge in [-0.25, -0.2) is 4.79 Å². The number of aromatic hydroxyl groups is 6. The van der Waals surface area contributed by atoms with Gasteiger partial charge in [0.05, 0.1) is 12.2 Å². The van der Waals surface area contributed by atoms with Gasteiger partial charge in [-0.15, -0.1) is 0 Å². The summed E-state index contributed by atoms with van der Waals surface area (Å²) in [6.45, 7) is 0.673. The molecular formula is C33H30O18. The Kier molecular flexibility index (Phi) is 10.4. The van der Waals surface area contributed by atoms with Crippen molar-refractivity contribution >= 4 is 22.9 Å². The van der Waals surface area contributed by atoms with Crippen LogP contribution in [0.5, 0.6) is 46.0 Å². The van der Waals surface area contributed by atoms with E-state index in [1.807, 2.05) is 0 Å². The number of benzene rings is 3.